The van der Waals surface area contributed by atoms with E-state index in [1.165, 1.54) is 24.3 Å². The summed E-state index contributed by atoms with van der Waals surface area (Å²) >= 11 is 0. The number of hydrogen-bond donors (Lipinski definition) is 1. The van der Waals surface area contributed by atoms with E-state index in [2.05, 4.69) is 5.32 Å². The van der Waals surface area contributed by atoms with Gasteiger partial charge < -0.3 is 10.2 Å². The number of benzene rings is 2. The van der Waals surface area contributed by atoms with E-state index in [1.807, 2.05) is 42.3 Å². The molecule has 1 amide bonds. The van der Waals surface area contributed by atoms with Crippen molar-refractivity contribution in [2.75, 3.05) is 35.6 Å². The van der Waals surface area contributed by atoms with Crippen LogP contribution in [-0.2, 0) is 14.8 Å². The third kappa shape index (κ3) is 5.45. The lowest BCUT2D eigenvalue weighted by Gasteiger charge is -2.30. The average molecular weight is 408 g/mol. The minimum absolute atomic E-state index is 0.131. The number of halogens is 1. The first kappa shape index (κ1) is 21.7. The maximum Gasteiger partial charge on any atom is 0.243 e. The zero-order valence-electron chi connectivity index (χ0n) is 16.3. The first-order chi connectivity index (χ1) is 13.3. The standard InChI is InChI=1S/C20H26FN3O3S/c1-4-18(24(28(3,26)27)19-13-9-8-12-17(19)21)20(25)22-14-15-23(2)16-10-6-5-7-11-16/h5-13,18H,4,14-15H2,1-3H3,(H,22,25)/t18-/m0/s1. The number of nitrogens with zero attached hydrogens (tertiary/aromatic N) is 2. The van der Waals surface area contributed by atoms with Crippen molar-refractivity contribution in [3.8, 4) is 0 Å². The highest BCUT2D eigenvalue weighted by Crippen LogP contribution is 2.25. The predicted molar refractivity (Wildman–Crippen MR) is 111 cm³/mol. The summed E-state index contributed by atoms with van der Waals surface area (Å²) in [5, 5.41) is 2.77. The Morgan fingerprint density at radius 3 is 2.29 bits per heavy atom. The summed E-state index contributed by atoms with van der Waals surface area (Å²) in [6.45, 7) is 2.57. The Balaban J connectivity index is 2.11. The summed E-state index contributed by atoms with van der Waals surface area (Å²) in [4.78, 5) is 14.7. The fourth-order valence-electron chi connectivity index (χ4n) is 2.94. The van der Waals surface area contributed by atoms with Gasteiger partial charge in [0.15, 0.2) is 0 Å². The Kier molecular flexibility index (Phi) is 7.39. The summed E-state index contributed by atoms with van der Waals surface area (Å²) < 4.78 is 39.7. The third-order valence-electron chi connectivity index (χ3n) is 4.36. The van der Waals surface area contributed by atoms with Crippen LogP contribution in [0.3, 0.4) is 0 Å². The van der Waals surface area contributed by atoms with Gasteiger partial charge in [0.25, 0.3) is 0 Å². The first-order valence-electron chi connectivity index (χ1n) is 9.03. The van der Waals surface area contributed by atoms with Gasteiger partial charge >= 0.3 is 0 Å². The molecule has 1 atom stereocenters. The molecular formula is C20H26FN3O3S. The Morgan fingerprint density at radius 2 is 1.71 bits per heavy atom. The number of amides is 1. The highest BCUT2D eigenvalue weighted by Gasteiger charge is 2.32. The Hall–Kier alpha value is -2.61. The zero-order valence-corrected chi connectivity index (χ0v) is 17.1. The topological polar surface area (TPSA) is 69.7 Å². The number of carbonyl (C=O) groups is 1. The second-order valence-electron chi connectivity index (χ2n) is 6.48. The maximum absolute atomic E-state index is 14.2. The van der Waals surface area contributed by atoms with Gasteiger partial charge in [0.1, 0.15) is 11.9 Å². The molecule has 0 spiro atoms. The quantitative estimate of drug-likeness (QED) is 0.694. The smallest absolute Gasteiger partial charge is 0.243 e. The third-order valence-corrected chi connectivity index (χ3v) is 5.53. The van der Waals surface area contributed by atoms with E-state index < -0.39 is 27.8 Å². The normalized spacial score (nSPS) is 12.3. The number of anilines is 2. The molecule has 0 saturated heterocycles. The molecular weight excluding hydrogens is 381 g/mol. The van der Waals surface area contributed by atoms with Crippen molar-refractivity contribution < 1.29 is 17.6 Å². The number of hydrogen-bond acceptors (Lipinski definition) is 4. The van der Waals surface area contributed by atoms with Gasteiger partial charge in [-0.3, -0.25) is 9.10 Å². The van der Waals surface area contributed by atoms with E-state index in [-0.39, 0.29) is 12.1 Å². The van der Waals surface area contributed by atoms with E-state index in [0.717, 1.165) is 16.2 Å². The monoisotopic (exact) mass is 407 g/mol. The van der Waals surface area contributed by atoms with Gasteiger partial charge in [-0.1, -0.05) is 37.3 Å². The van der Waals surface area contributed by atoms with Gasteiger partial charge in [0.05, 0.1) is 11.9 Å². The van der Waals surface area contributed by atoms with Gasteiger partial charge in [0, 0.05) is 25.8 Å². The van der Waals surface area contributed by atoms with Gasteiger partial charge in [-0.05, 0) is 30.7 Å². The summed E-state index contributed by atoms with van der Waals surface area (Å²) in [6.07, 6.45) is 1.18. The lowest BCUT2D eigenvalue weighted by Crippen LogP contribution is -2.50. The SMILES string of the molecule is CC[C@@H](C(=O)NCCN(C)c1ccccc1)N(c1ccccc1F)S(C)(=O)=O. The van der Waals surface area contributed by atoms with Gasteiger partial charge in [0.2, 0.25) is 15.9 Å². The van der Waals surface area contributed by atoms with Crippen molar-refractivity contribution in [1.82, 2.24) is 5.32 Å². The molecule has 2 rings (SSSR count). The van der Waals surface area contributed by atoms with Crippen LogP contribution in [0.5, 0.6) is 0 Å². The van der Waals surface area contributed by atoms with Gasteiger partial charge in [-0.15, -0.1) is 0 Å². The van der Waals surface area contributed by atoms with Crippen LogP contribution in [0.2, 0.25) is 0 Å². The summed E-state index contributed by atoms with van der Waals surface area (Å²) in [5.74, 6) is -1.15. The predicted octanol–water partition coefficient (Wildman–Crippen LogP) is 2.62. The lowest BCUT2D eigenvalue weighted by atomic mass is 10.2. The summed E-state index contributed by atoms with van der Waals surface area (Å²) in [5.41, 5.74) is 0.876. The van der Waals surface area contributed by atoms with Crippen LogP contribution in [0, 0.1) is 5.82 Å². The van der Waals surface area contributed by atoms with Crippen molar-refractivity contribution in [3.63, 3.8) is 0 Å². The number of rotatable bonds is 9. The molecule has 0 aliphatic carbocycles. The molecule has 0 bridgehead atoms. The molecule has 8 heteroatoms. The van der Waals surface area contributed by atoms with E-state index >= 15 is 0 Å². The molecule has 28 heavy (non-hydrogen) atoms. The zero-order chi connectivity index (χ0) is 20.7. The molecule has 2 aromatic rings. The molecule has 0 fully saturated rings. The largest absolute Gasteiger partial charge is 0.373 e. The number of likely N-dealkylation sites (N-methyl/N-ethyl adjacent to an activating group) is 1. The molecule has 152 valence electrons. The Bertz CT molecular complexity index is 891. The number of para-hydroxylation sites is 2. The summed E-state index contributed by atoms with van der Waals surface area (Å²) in [7, 11) is -1.96. The van der Waals surface area contributed by atoms with Crippen molar-refractivity contribution in [2.24, 2.45) is 0 Å². The molecule has 0 heterocycles. The minimum atomic E-state index is -3.86. The minimum Gasteiger partial charge on any atom is -0.373 e. The Morgan fingerprint density at radius 1 is 1.11 bits per heavy atom. The second-order valence-corrected chi connectivity index (χ2v) is 8.34. The highest BCUT2D eigenvalue weighted by atomic mass is 32.2. The highest BCUT2D eigenvalue weighted by molar-refractivity contribution is 7.92. The molecule has 6 nitrogen and oxygen atoms in total. The lowest BCUT2D eigenvalue weighted by molar-refractivity contribution is -0.122. The van der Waals surface area contributed by atoms with E-state index in [0.29, 0.717) is 13.1 Å². The number of carbonyl (C=O) groups excluding carboxylic acids is 1. The first-order valence-corrected chi connectivity index (χ1v) is 10.9. The Labute approximate surface area is 166 Å². The van der Waals surface area contributed by atoms with Gasteiger partial charge in [-0.25, -0.2) is 12.8 Å². The van der Waals surface area contributed by atoms with E-state index in [9.17, 15) is 17.6 Å². The van der Waals surface area contributed by atoms with Crippen molar-refractivity contribution in [2.45, 2.75) is 19.4 Å². The summed E-state index contributed by atoms with van der Waals surface area (Å²) in [6, 6.07) is 14.2. The molecule has 1 N–H and O–H groups in total. The van der Waals surface area contributed by atoms with Crippen LogP contribution < -0.4 is 14.5 Å². The van der Waals surface area contributed by atoms with E-state index in [1.54, 1.807) is 6.92 Å². The molecule has 0 aromatic heterocycles. The molecule has 2 aromatic carbocycles. The van der Waals surface area contributed by atoms with Crippen molar-refractivity contribution >= 4 is 27.3 Å². The molecule has 0 unspecified atom stereocenters. The van der Waals surface area contributed by atoms with Crippen LogP contribution in [-0.4, -0.2) is 46.8 Å². The number of nitrogens with one attached hydrogen (secondary N) is 1. The fraction of sp³-hybridized carbons (Fsp3) is 0.350. The van der Waals surface area contributed by atoms with E-state index in [4.69, 9.17) is 0 Å². The van der Waals surface area contributed by atoms with Crippen molar-refractivity contribution in [1.29, 1.82) is 0 Å². The average Bonchev–Trinajstić information content (AvgIpc) is 2.66. The molecule has 0 saturated carbocycles. The molecule has 0 radical (unpaired) electrons. The van der Waals surface area contributed by atoms with Gasteiger partial charge in [-0.2, -0.15) is 0 Å². The molecule has 0 aliphatic rings. The van der Waals surface area contributed by atoms with Crippen molar-refractivity contribution in [3.05, 3.63) is 60.4 Å². The maximum atomic E-state index is 14.2. The van der Waals surface area contributed by atoms with Crippen LogP contribution in [0.1, 0.15) is 13.3 Å². The van der Waals surface area contributed by atoms with Crippen LogP contribution in [0.15, 0.2) is 54.6 Å². The van der Waals surface area contributed by atoms with Crippen LogP contribution >= 0.6 is 0 Å². The fourth-order valence-corrected chi connectivity index (χ4v) is 4.15. The van der Waals surface area contributed by atoms with Crippen LogP contribution in [0.25, 0.3) is 0 Å². The van der Waals surface area contributed by atoms with Crippen LogP contribution in [0.4, 0.5) is 15.8 Å². The second kappa shape index (κ2) is 9.54. The molecule has 0 aliphatic heterocycles. The number of sulfonamides is 1.